The number of anilines is 1. The highest BCUT2D eigenvalue weighted by Crippen LogP contribution is 2.29. The molecule has 0 aliphatic carbocycles. The van der Waals surface area contributed by atoms with Gasteiger partial charge in [0.1, 0.15) is 4.90 Å². The molecule has 0 bridgehead atoms. The first-order valence-electron chi connectivity index (χ1n) is 11.7. The van der Waals surface area contributed by atoms with Crippen molar-refractivity contribution in [3.8, 4) is 23.0 Å². The van der Waals surface area contributed by atoms with E-state index in [1.54, 1.807) is 32.4 Å². The van der Waals surface area contributed by atoms with Gasteiger partial charge in [-0.3, -0.25) is 0 Å². The molecule has 0 atom stereocenters. The molecule has 38 heavy (non-hydrogen) atoms. The summed E-state index contributed by atoms with van der Waals surface area (Å²) in [6.45, 7) is 0.496. The van der Waals surface area contributed by atoms with Gasteiger partial charge in [-0.2, -0.15) is 0 Å². The van der Waals surface area contributed by atoms with E-state index in [9.17, 15) is 18.3 Å². The van der Waals surface area contributed by atoms with Gasteiger partial charge in [-0.05, 0) is 66.4 Å². The summed E-state index contributed by atoms with van der Waals surface area (Å²) >= 11 is 0. The van der Waals surface area contributed by atoms with Crippen molar-refractivity contribution >= 4 is 21.7 Å². The topological polar surface area (TPSA) is 132 Å². The van der Waals surface area contributed by atoms with Gasteiger partial charge in [0.15, 0.2) is 23.0 Å². The molecule has 0 spiro atoms. The molecule has 0 unspecified atom stereocenters. The van der Waals surface area contributed by atoms with Crippen LogP contribution in [0.5, 0.6) is 23.0 Å². The first-order valence-corrected chi connectivity index (χ1v) is 13.2. The van der Waals surface area contributed by atoms with Crippen molar-refractivity contribution in [2.75, 3.05) is 46.8 Å². The van der Waals surface area contributed by atoms with Crippen LogP contribution in [0.1, 0.15) is 21.5 Å². The predicted octanol–water partition coefficient (Wildman–Crippen LogP) is 3.59. The number of nitrogens with one attached hydrogen (secondary N) is 2. The molecule has 0 radical (unpaired) electrons. The number of ether oxygens (including phenoxy) is 4. The van der Waals surface area contributed by atoms with Crippen LogP contribution in [-0.2, 0) is 22.9 Å². The highest BCUT2D eigenvalue weighted by Gasteiger charge is 2.21. The molecule has 3 N–H and O–H groups in total. The minimum absolute atomic E-state index is 0.0974. The quantitative estimate of drug-likeness (QED) is 0.278. The number of carbonyl (C=O) groups is 1. The Hall–Kier alpha value is -3.96. The second-order valence-electron chi connectivity index (χ2n) is 8.22. The van der Waals surface area contributed by atoms with Gasteiger partial charge in [0.25, 0.3) is 0 Å². The fourth-order valence-electron chi connectivity index (χ4n) is 3.85. The van der Waals surface area contributed by atoms with Crippen LogP contribution in [0.3, 0.4) is 0 Å². The molecule has 3 aromatic carbocycles. The van der Waals surface area contributed by atoms with Crippen molar-refractivity contribution in [2.24, 2.45) is 0 Å². The molecule has 204 valence electrons. The molecule has 10 nitrogen and oxygen atoms in total. The molecule has 3 rings (SSSR count). The van der Waals surface area contributed by atoms with Crippen LogP contribution in [-0.4, -0.2) is 61.0 Å². The van der Waals surface area contributed by atoms with Gasteiger partial charge in [0, 0.05) is 13.1 Å². The van der Waals surface area contributed by atoms with Gasteiger partial charge in [-0.15, -0.1) is 0 Å². The van der Waals surface area contributed by atoms with Gasteiger partial charge in [-0.1, -0.05) is 12.1 Å². The number of hydrogen-bond acceptors (Lipinski definition) is 8. The molecule has 0 aromatic heterocycles. The number of sulfonamides is 1. The summed E-state index contributed by atoms with van der Waals surface area (Å²) in [4.78, 5) is 11.4. The maximum atomic E-state index is 13.2. The monoisotopic (exact) mass is 544 g/mol. The SMILES string of the molecule is COc1ccc(CCNc2ccc(C(=O)O)cc2S(=O)(=O)NCCc2ccc(OC)c(OC)c2)cc1OC. The van der Waals surface area contributed by atoms with E-state index < -0.39 is 16.0 Å². The molecule has 0 fully saturated rings. The highest BCUT2D eigenvalue weighted by molar-refractivity contribution is 7.89. The lowest BCUT2D eigenvalue weighted by molar-refractivity contribution is 0.0696. The maximum Gasteiger partial charge on any atom is 0.335 e. The third-order valence-electron chi connectivity index (χ3n) is 5.85. The van der Waals surface area contributed by atoms with Crippen LogP contribution < -0.4 is 29.0 Å². The Morgan fingerprint density at radius 2 is 1.26 bits per heavy atom. The number of aromatic carboxylic acids is 1. The average molecular weight is 545 g/mol. The number of carboxylic acid groups (broad SMARTS) is 1. The Morgan fingerprint density at radius 3 is 1.76 bits per heavy atom. The van der Waals surface area contributed by atoms with Crippen LogP contribution >= 0.6 is 0 Å². The molecule has 0 saturated heterocycles. The number of benzene rings is 3. The van der Waals surface area contributed by atoms with E-state index in [2.05, 4.69) is 10.0 Å². The number of hydrogen-bond donors (Lipinski definition) is 3. The lowest BCUT2D eigenvalue weighted by Crippen LogP contribution is -2.27. The van der Waals surface area contributed by atoms with Crippen LogP contribution in [0, 0.1) is 0 Å². The first kappa shape index (κ1) is 28.6. The molecule has 3 aromatic rings. The maximum absolute atomic E-state index is 13.2. The Balaban J connectivity index is 1.73. The summed E-state index contributed by atoms with van der Waals surface area (Å²) in [7, 11) is 2.15. The predicted molar refractivity (Wildman–Crippen MR) is 144 cm³/mol. The van der Waals surface area contributed by atoms with Crippen molar-refractivity contribution in [1.82, 2.24) is 4.72 Å². The van der Waals surface area contributed by atoms with Crippen molar-refractivity contribution in [1.29, 1.82) is 0 Å². The molecule has 0 aliphatic rings. The minimum atomic E-state index is -4.03. The molecular formula is C27H32N2O8S. The van der Waals surface area contributed by atoms with Crippen LogP contribution in [0.15, 0.2) is 59.5 Å². The van der Waals surface area contributed by atoms with E-state index in [1.165, 1.54) is 26.4 Å². The Kier molecular flexibility index (Phi) is 9.80. The van der Waals surface area contributed by atoms with Gasteiger partial charge >= 0.3 is 5.97 Å². The van der Waals surface area contributed by atoms with E-state index in [-0.39, 0.29) is 17.0 Å². The van der Waals surface area contributed by atoms with Crippen LogP contribution in [0.2, 0.25) is 0 Å². The Labute approximate surface area is 222 Å². The van der Waals surface area contributed by atoms with Gasteiger partial charge in [0.2, 0.25) is 10.0 Å². The zero-order chi connectivity index (χ0) is 27.7. The first-order chi connectivity index (χ1) is 18.2. The van der Waals surface area contributed by atoms with E-state index in [0.717, 1.165) is 17.2 Å². The minimum Gasteiger partial charge on any atom is -0.493 e. The third kappa shape index (κ3) is 7.08. The average Bonchev–Trinajstić information content (AvgIpc) is 2.92. The van der Waals surface area contributed by atoms with E-state index in [4.69, 9.17) is 18.9 Å². The molecular weight excluding hydrogens is 512 g/mol. The largest absolute Gasteiger partial charge is 0.493 e. The molecule has 11 heteroatoms. The van der Waals surface area contributed by atoms with E-state index in [1.807, 2.05) is 18.2 Å². The van der Waals surface area contributed by atoms with E-state index in [0.29, 0.717) is 48.1 Å². The van der Waals surface area contributed by atoms with Gasteiger partial charge in [-0.25, -0.2) is 17.9 Å². The highest BCUT2D eigenvalue weighted by atomic mass is 32.2. The summed E-state index contributed by atoms with van der Waals surface area (Å²) < 4.78 is 50.1. The third-order valence-corrected chi connectivity index (χ3v) is 7.35. The van der Waals surface area contributed by atoms with Crippen molar-refractivity contribution in [2.45, 2.75) is 17.7 Å². The molecule has 0 amide bonds. The zero-order valence-electron chi connectivity index (χ0n) is 21.7. The fraction of sp³-hybridized carbons (Fsp3) is 0.296. The Morgan fingerprint density at radius 1 is 0.737 bits per heavy atom. The number of methoxy groups -OCH3 is 4. The van der Waals surface area contributed by atoms with Gasteiger partial charge in [0.05, 0.1) is 39.7 Å². The summed E-state index contributed by atoms with van der Waals surface area (Å²) in [6, 6.07) is 14.9. The van der Waals surface area contributed by atoms with Crippen molar-refractivity contribution in [3.63, 3.8) is 0 Å². The normalized spacial score (nSPS) is 11.1. The van der Waals surface area contributed by atoms with Crippen molar-refractivity contribution in [3.05, 3.63) is 71.3 Å². The molecule has 0 heterocycles. The zero-order valence-corrected chi connectivity index (χ0v) is 22.6. The van der Waals surface area contributed by atoms with Gasteiger partial charge < -0.3 is 29.4 Å². The van der Waals surface area contributed by atoms with Crippen LogP contribution in [0.25, 0.3) is 0 Å². The Bertz CT molecular complexity index is 1380. The lowest BCUT2D eigenvalue weighted by atomic mass is 10.1. The summed E-state index contributed by atoms with van der Waals surface area (Å²) in [5, 5.41) is 12.5. The molecule has 0 aliphatic heterocycles. The number of carboxylic acids is 1. The smallest absolute Gasteiger partial charge is 0.335 e. The second-order valence-corrected chi connectivity index (χ2v) is 9.95. The standard InChI is InChI=1S/C27H32N2O8S/c1-34-22-9-5-18(15-24(22)36-3)11-13-28-21-8-7-20(27(30)31)17-26(21)38(32,33)29-14-12-19-6-10-23(35-2)25(16-19)37-4/h5-10,15-17,28-29H,11-14H2,1-4H3,(H,30,31). The van der Waals surface area contributed by atoms with E-state index >= 15 is 0 Å². The second kappa shape index (κ2) is 13.0. The van der Waals surface area contributed by atoms with Crippen molar-refractivity contribution < 1.29 is 37.3 Å². The summed E-state index contributed by atoms with van der Waals surface area (Å²) in [5.41, 5.74) is 1.97. The number of rotatable bonds is 14. The van der Waals surface area contributed by atoms with Crippen LogP contribution in [0.4, 0.5) is 5.69 Å². The molecule has 0 saturated carbocycles. The summed E-state index contributed by atoms with van der Waals surface area (Å²) in [5.74, 6) is 1.11. The summed E-state index contributed by atoms with van der Waals surface area (Å²) in [6.07, 6.45) is 0.952. The lowest BCUT2D eigenvalue weighted by Gasteiger charge is -2.15. The fourth-order valence-corrected chi connectivity index (χ4v) is 5.08.